The summed E-state index contributed by atoms with van der Waals surface area (Å²) in [6, 6.07) is 16.8. The Labute approximate surface area is 187 Å². The van der Waals surface area contributed by atoms with Crippen molar-refractivity contribution in [3.05, 3.63) is 82.9 Å². The average Bonchev–Trinajstić information content (AvgIpc) is 2.78. The van der Waals surface area contributed by atoms with Crippen LogP contribution in [0.5, 0.6) is 11.5 Å². The molecular weight excluding hydrogens is 428 g/mol. The van der Waals surface area contributed by atoms with Crippen LogP contribution in [0, 0.1) is 13.8 Å². The van der Waals surface area contributed by atoms with Gasteiger partial charge in [0.25, 0.3) is 15.9 Å². The van der Waals surface area contributed by atoms with Gasteiger partial charge in [-0.05, 0) is 61.4 Å². The highest BCUT2D eigenvalue weighted by molar-refractivity contribution is 7.92. The fourth-order valence-electron chi connectivity index (χ4n) is 3.42. The highest BCUT2D eigenvalue weighted by Gasteiger charge is 2.19. The first-order chi connectivity index (χ1) is 15.3. The molecule has 0 atom stereocenters. The monoisotopic (exact) mass is 452 g/mol. The lowest BCUT2D eigenvalue weighted by atomic mass is 10.1. The standard InChI is InChI=1S/C24H24N2O5S/c1-16-3-4-19(17(2)13-16)15-25-24(27)18-5-7-20(8-6-18)26-32(28,29)21-9-10-22-23(14-21)31-12-11-30-22/h3-10,13-14,26H,11-12,15H2,1-2H3,(H,25,27). The summed E-state index contributed by atoms with van der Waals surface area (Å²) >= 11 is 0. The van der Waals surface area contributed by atoms with Crippen molar-refractivity contribution in [2.45, 2.75) is 25.3 Å². The van der Waals surface area contributed by atoms with Crippen LogP contribution in [0.15, 0.2) is 65.6 Å². The highest BCUT2D eigenvalue weighted by Crippen LogP contribution is 2.32. The minimum atomic E-state index is -3.82. The summed E-state index contributed by atoms with van der Waals surface area (Å²) in [5.74, 6) is 0.688. The Morgan fingerprint density at radius 2 is 1.62 bits per heavy atom. The van der Waals surface area contributed by atoms with Crippen molar-refractivity contribution in [1.29, 1.82) is 0 Å². The van der Waals surface area contributed by atoms with Crippen molar-refractivity contribution >= 4 is 21.6 Å². The summed E-state index contributed by atoms with van der Waals surface area (Å²) in [6.45, 7) is 5.26. The molecule has 166 valence electrons. The lowest BCUT2D eigenvalue weighted by molar-refractivity contribution is 0.0951. The maximum absolute atomic E-state index is 12.7. The van der Waals surface area contributed by atoms with Gasteiger partial charge in [0, 0.05) is 23.9 Å². The molecule has 0 saturated heterocycles. The van der Waals surface area contributed by atoms with E-state index in [0.29, 0.717) is 42.5 Å². The number of fused-ring (bicyclic) bond motifs is 1. The molecule has 0 aromatic heterocycles. The molecule has 32 heavy (non-hydrogen) atoms. The van der Waals surface area contributed by atoms with Gasteiger partial charge < -0.3 is 14.8 Å². The van der Waals surface area contributed by atoms with Crippen molar-refractivity contribution in [1.82, 2.24) is 5.32 Å². The van der Waals surface area contributed by atoms with Gasteiger partial charge in [-0.3, -0.25) is 9.52 Å². The first kappa shape index (κ1) is 21.7. The zero-order valence-corrected chi connectivity index (χ0v) is 18.7. The molecule has 1 amide bonds. The SMILES string of the molecule is Cc1ccc(CNC(=O)c2ccc(NS(=O)(=O)c3ccc4c(c3)OCCO4)cc2)c(C)c1. The van der Waals surface area contributed by atoms with E-state index < -0.39 is 10.0 Å². The molecule has 1 heterocycles. The predicted octanol–water partition coefficient (Wildman–Crippen LogP) is 3.81. The fourth-order valence-corrected chi connectivity index (χ4v) is 4.49. The number of carbonyl (C=O) groups excluding carboxylic acids is 1. The van der Waals surface area contributed by atoms with Gasteiger partial charge in [0.15, 0.2) is 11.5 Å². The zero-order valence-electron chi connectivity index (χ0n) is 17.8. The summed E-state index contributed by atoms with van der Waals surface area (Å²) < 4.78 is 38.9. The molecule has 3 aromatic carbocycles. The third kappa shape index (κ3) is 4.86. The average molecular weight is 453 g/mol. The molecule has 2 N–H and O–H groups in total. The normalized spacial score (nSPS) is 12.8. The largest absolute Gasteiger partial charge is 0.486 e. The number of ether oxygens (including phenoxy) is 2. The number of aryl methyl sites for hydroxylation is 2. The van der Waals surface area contributed by atoms with Crippen LogP contribution in [0.4, 0.5) is 5.69 Å². The molecule has 0 spiro atoms. The predicted molar refractivity (Wildman–Crippen MR) is 122 cm³/mol. The minimum Gasteiger partial charge on any atom is -0.486 e. The van der Waals surface area contributed by atoms with Crippen LogP contribution in [0.2, 0.25) is 0 Å². The molecule has 0 unspecified atom stereocenters. The van der Waals surface area contributed by atoms with Crippen LogP contribution in [-0.4, -0.2) is 27.5 Å². The van der Waals surface area contributed by atoms with E-state index in [-0.39, 0.29) is 10.8 Å². The topological polar surface area (TPSA) is 93.7 Å². The van der Waals surface area contributed by atoms with Gasteiger partial charge >= 0.3 is 0 Å². The first-order valence-electron chi connectivity index (χ1n) is 10.2. The fraction of sp³-hybridized carbons (Fsp3) is 0.208. The van der Waals surface area contributed by atoms with Crippen molar-refractivity contribution in [3.63, 3.8) is 0 Å². The Hall–Kier alpha value is -3.52. The van der Waals surface area contributed by atoms with Gasteiger partial charge in [-0.25, -0.2) is 8.42 Å². The number of amides is 1. The minimum absolute atomic E-state index is 0.0667. The number of hydrogen-bond acceptors (Lipinski definition) is 5. The first-order valence-corrected chi connectivity index (χ1v) is 11.7. The van der Waals surface area contributed by atoms with E-state index in [1.807, 2.05) is 26.0 Å². The summed E-state index contributed by atoms with van der Waals surface area (Å²) in [6.07, 6.45) is 0. The van der Waals surface area contributed by atoms with Crippen molar-refractivity contribution < 1.29 is 22.7 Å². The van der Waals surface area contributed by atoms with Gasteiger partial charge in [0.05, 0.1) is 4.90 Å². The molecule has 4 rings (SSSR count). The van der Waals surface area contributed by atoms with Crippen LogP contribution >= 0.6 is 0 Å². The lowest BCUT2D eigenvalue weighted by Crippen LogP contribution is -2.23. The summed E-state index contributed by atoms with van der Waals surface area (Å²) in [4.78, 5) is 12.5. The number of hydrogen-bond donors (Lipinski definition) is 2. The van der Waals surface area contributed by atoms with E-state index in [0.717, 1.165) is 11.1 Å². The smallest absolute Gasteiger partial charge is 0.262 e. The van der Waals surface area contributed by atoms with Gasteiger partial charge in [0.2, 0.25) is 0 Å². The summed E-state index contributed by atoms with van der Waals surface area (Å²) in [7, 11) is -3.82. The number of sulfonamides is 1. The third-order valence-electron chi connectivity index (χ3n) is 5.16. The Morgan fingerprint density at radius 3 is 2.34 bits per heavy atom. The number of benzene rings is 3. The van der Waals surface area contributed by atoms with Crippen molar-refractivity contribution in [3.8, 4) is 11.5 Å². The van der Waals surface area contributed by atoms with Crippen molar-refractivity contribution in [2.75, 3.05) is 17.9 Å². The molecule has 8 heteroatoms. The van der Waals surface area contributed by atoms with E-state index in [9.17, 15) is 13.2 Å². The van der Waals surface area contributed by atoms with Crippen molar-refractivity contribution in [2.24, 2.45) is 0 Å². The maximum atomic E-state index is 12.7. The Morgan fingerprint density at radius 1 is 0.906 bits per heavy atom. The molecule has 0 fully saturated rings. The van der Waals surface area contributed by atoms with Crippen LogP contribution in [0.25, 0.3) is 0 Å². The van der Waals surface area contributed by atoms with Gasteiger partial charge in [-0.15, -0.1) is 0 Å². The second kappa shape index (κ2) is 8.92. The zero-order chi connectivity index (χ0) is 22.7. The molecule has 1 aliphatic heterocycles. The number of rotatable bonds is 6. The Kier molecular flexibility index (Phi) is 6.05. The Bertz CT molecular complexity index is 1250. The lowest BCUT2D eigenvalue weighted by Gasteiger charge is -2.19. The second-order valence-corrected chi connectivity index (χ2v) is 9.28. The number of carbonyl (C=O) groups is 1. The summed E-state index contributed by atoms with van der Waals surface area (Å²) in [5, 5.41) is 2.89. The quantitative estimate of drug-likeness (QED) is 0.593. The summed E-state index contributed by atoms with van der Waals surface area (Å²) in [5.41, 5.74) is 4.14. The Balaban J connectivity index is 1.41. The van der Waals surface area contributed by atoms with Crippen LogP contribution in [0.3, 0.4) is 0 Å². The molecule has 1 aliphatic rings. The van der Waals surface area contributed by atoms with E-state index in [2.05, 4.69) is 16.1 Å². The molecular formula is C24H24N2O5S. The second-order valence-electron chi connectivity index (χ2n) is 7.60. The van der Waals surface area contributed by atoms with E-state index >= 15 is 0 Å². The molecule has 0 saturated carbocycles. The van der Waals surface area contributed by atoms with Crippen LogP contribution in [-0.2, 0) is 16.6 Å². The van der Waals surface area contributed by atoms with Gasteiger partial charge in [0.1, 0.15) is 13.2 Å². The number of nitrogens with one attached hydrogen (secondary N) is 2. The maximum Gasteiger partial charge on any atom is 0.262 e. The molecule has 0 radical (unpaired) electrons. The third-order valence-corrected chi connectivity index (χ3v) is 6.54. The molecule has 7 nitrogen and oxygen atoms in total. The molecule has 0 bridgehead atoms. The van der Waals surface area contributed by atoms with Gasteiger partial charge in [-0.1, -0.05) is 23.8 Å². The van der Waals surface area contributed by atoms with Gasteiger partial charge in [-0.2, -0.15) is 0 Å². The number of anilines is 1. The molecule has 3 aromatic rings. The van der Waals surface area contributed by atoms with E-state index in [4.69, 9.17) is 9.47 Å². The van der Waals surface area contributed by atoms with E-state index in [1.165, 1.54) is 17.7 Å². The van der Waals surface area contributed by atoms with Crippen LogP contribution in [0.1, 0.15) is 27.0 Å². The van der Waals surface area contributed by atoms with E-state index in [1.54, 1.807) is 30.3 Å². The van der Waals surface area contributed by atoms with Crippen LogP contribution < -0.4 is 19.5 Å². The molecule has 0 aliphatic carbocycles. The highest BCUT2D eigenvalue weighted by atomic mass is 32.2.